The van der Waals surface area contributed by atoms with E-state index in [9.17, 15) is 0 Å². The van der Waals surface area contributed by atoms with Gasteiger partial charge in [0.25, 0.3) is 0 Å². The fraction of sp³-hybridized carbons (Fsp3) is 0.190. The zero-order valence-electron chi connectivity index (χ0n) is 14.7. The SMILES string of the molecule is CCCCOc1ccccc1C(=CSc1ccccc1)c1ncc[nH]1.Cl. The number of ether oxygens (including phenoxy) is 1. The normalized spacial score (nSPS) is 11.0. The summed E-state index contributed by atoms with van der Waals surface area (Å²) in [5.41, 5.74) is 2.09. The molecule has 5 heteroatoms. The van der Waals surface area contributed by atoms with Gasteiger partial charge in [-0.05, 0) is 30.0 Å². The molecule has 0 aliphatic carbocycles. The highest BCUT2D eigenvalue weighted by atomic mass is 35.5. The van der Waals surface area contributed by atoms with Crippen molar-refractivity contribution in [2.24, 2.45) is 0 Å². The monoisotopic (exact) mass is 386 g/mol. The van der Waals surface area contributed by atoms with Crippen LogP contribution in [0.4, 0.5) is 0 Å². The number of aromatic amines is 1. The third-order valence-electron chi connectivity index (χ3n) is 3.74. The van der Waals surface area contributed by atoms with E-state index < -0.39 is 0 Å². The van der Waals surface area contributed by atoms with E-state index in [0.29, 0.717) is 0 Å². The summed E-state index contributed by atoms with van der Waals surface area (Å²) in [6.45, 7) is 2.89. The lowest BCUT2D eigenvalue weighted by atomic mass is 10.1. The number of rotatable bonds is 8. The van der Waals surface area contributed by atoms with Crippen LogP contribution in [-0.2, 0) is 0 Å². The highest BCUT2D eigenvalue weighted by Crippen LogP contribution is 2.33. The van der Waals surface area contributed by atoms with Crippen molar-refractivity contribution in [2.45, 2.75) is 24.7 Å². The fourth-order valence-corrected chi connectivity index (χ4v) is 3.23. The molecule has 1 aromatic heterocycles. The Hall–Kier alpha value is -2.17. The first-order valence-electron chi connectivity index (χ1n) is 8.52. The first-order valence-corrected chi connectivity index (χ1v) is 9.40. The van der Waals surface area contributed by atoms with Crippen molar-refractivity contribution in [1.82, 2.24) is 9.97 Å². The van der Waals surface area contributed by atoms with Gasteiger partial charge in [-0.1, -0.05) is 61.5 Å². The zero-order valence-corrected chi connectivity index (χ0v) is 16.4. The molecule has 0 saturated heterocycles. The molecule has 3 nitrogen and oxygen atoms in total. The molecule has 0 atom stereocenters. The van der Waals surface area contributed by atoms with Crippen molar-refractivity contribution >= 4 is 29.7 Å². The van der Waals surface area contributed by atoms with E-state index in [-0.39, 0.29) is 12.4 Å². The van der Waals surface area contributed by atoms with E-state index in [1.54, 1.807) is 18.0 Å². The molecule has 0 saturated carbocycles. The lowest BCUT2D eigenvalue weighted by molar-refractivity contribution is 0.308. The van der Waals surface area contributed by atoms with Gasteiger partial charge in [0, 0.05) is 28.4 Å². The zero-order chi connectivity index (χ0) is 17.3. The maximum atomic E-state index is 6.02. The molecule has 0 fully saturated rings. The Morgan fingerprint density at radius 1 is 1.12 bits per heavy atom. The summed E-state index contributed by atoms with van der Waals surface area (Å²) in [5.74, 6) is 1.74. The number of H-pyrrole nitrogens is 1. The minimum absolute atomic E-state index is 0. The second kappa shape index (κ2) is 10.7. The van der Waals surface area contributed by atoms with Gasteiger partial charge in [-0.3, -0.25) is 0 Å². The van der Waals surface area contributed by atoms with Gasteiger partial charge in [0.1, 0.15) is 11.6 Å². The second-order valence-electron chi connectivity index (χ2n) is 5.60. The summed E-state index contributed by atoms with van der Waals surface area (Å²) in [5, 5.41) is 2.14. The number of nitrogens with one attached hydrogen (secondary N) is 1. The number of halogens is 1. The molecule has 136 valence electrons. The summed E-state index contributed by atoms with van der Waals surface area (Å²) in [6.07, 6.45) is 5.79. The van der Waals surface area contributed by atoms with Gasteiger partial charge >= 0.3 is 0 Å². The average molecular weight is 387 g/mol. The van der Waals surface area contributed by atoms with Crippen LogP contribution < -0.4 is 4.74 Å². The molecule has 26 heavy (non-hydrogen) atoms. The van der Waals surface area contributed by atoms with Crippen LogP contribution in [0.3, 0.4) is 0 Å². The summed E-state index contributed by atoms with van der Waals surface area (Å²) in [7, 11) is 0. The van der Waals surface area contributed by atoms with Gasteiger partial charge in [-0.2, -0.15) is 0 Å². The predicted molar refractivity (Wildman–Crippen MR) is 112 cm³/mol. The molecule has 0 radical (unpaired) electrons. The number of imidazole rings is 1. The molecular weight excluding hydrogens is 364 g/mol. The van der Waals surface area contributed by atoms with Crippen molar-refractivity contribution in [3.8, 4) is 5.75 Å². The molecule has 0 aliphatic rings. The van der Waals surface area contributed by atoms with Crippen molar-refractivity contribution in [1.29, 1.82) is 0 Å². The molecule has 1 N–H and O–H groups in total. The quantitative estimate of drug-likeness (QED) is 0.370. The number of para-hydroxylation sites is 1. The van der Waals surface area contributed by atoms with Crippen molar-refractivity contribution < 1.29 is 4.74 Å². The Labute approximate surface area is 165 Å². The van der Waals surface area contributed by atoms with E-state index in [1.165, 1.54) is 4.90 Å². The van der Waals surface area contributed by atoms with E-state index in [2.05, 4.69) is 40.5 Å². The topological polar surface area (TPSA) is 37.9 Å². The van der Waals surface area contributed by atoms with Crippen molar-refractivity contribution in [3.05, 3.63) is 83.8 Å². The minimum Gasteiger partial charge on any atom is -0.493 e. The maximum Gasteiger partial charge on any atom is 0.138 e. The number of hydrogen-bond acceptors (Lipinski definition) is 3. The minimum atomic E-state index is 0. The number of unbranched alkanes of at least 4 members (excludes halogenated alkanes) is 1. The summed E-state index contributed by atoms with van der Waals surface area (Å²) in [6, 6.07) is 18.5. The first-order chi connectivity index (χ1) is 12.4. The highest BCUT2D eigenvalue weighted by Gasteiger charge is 2.13. The highest BCUT2D eigenvalue weighted by molar-refractivity contribution is 8.02. The molecule has 0 aliphatic heterocycles. The van der Waals surface area contributed by atoms with E-state index in [0.717, 1.165) is 42.2 Å². The third kappa shape index (κ3) is 5.41. The van der Waals surface area contributed by atoms with Gasteiger partial charge in [0.15, 0.2) is 0 Å². The predicted octanol–water partition coefficient (Wildman–Crippen LogP) is 6.19. The lowest BCUT2D eigenvalue weighted by Crippen LogP contribution is -2.00. The molecule has 2 aromatic carbocycles. The maximum absolute atomic E-state index is 6.02. The Kier molecular flexibility index (Phi) is 8.32. The molecule has 0 unspecified atom stereocenters. The van der Waals surface area contributed by atoms with Gasteiger partial charge in [-0.15, -0.1) is 12.4 Å². The molecule has 3 rings (SSSR count). The van der Waals surface area contributed by atoms with E-state index in [1.807, 2.05) is 42.6 Å². The van der Waals surface area contributed by atoms with E-state index in [4.69, 9.17) is 4.74 Å². The average Bonchev–Trinajstić information content (AvgIpc) is 3.19. The van der Waals surface area contributed by atoms with Gasteiger partial charge in [0.2, 0.25) is 0 Å². The third-order valence-corrected chi connectivity index (χ3v) is 4.64. The van der Waals surface area contributed by atoms with Crippen molar-refractivity contribution in [2.75, 3.05) is 6.61 Å². The van der Waals surface area contributed by atoms with Crippen LogP contribution in [-0.4, -0.2) is 16.6 Å². The van der Waals surface area contributed by atoms with Crippen LogP contribution in [0.15, 0.2) is 77.3 Å². The smallest absolute Gasteiger partial charge is 0.138 e. The van der Waals surface area contributed by atoms with Crippen molar-refractivity contribution in [3.63, 3.8) is 0 Å². The van der Waals surface area contributed by atoms with Crippen LogP contribution in [0.5, 0.6) is 5.75 Å². The van der Waals surface area contributed by atoms with Gasteiger partial charge in [0.05, 0.1) is 6.61 Å². The summed E-state index contributed by atoms with van der Waals surface area (Å²) >= 11 is 1.68. The van der Waals surface area contributed by atoms with E-state index >= 15 is 0 Å². The van der Waals surface area contributed by atoms with Crippen LogP contribution in [0, 0.1) is 0 Å². The Balaban J connectivity index is 0.00000243. The Morgan fingerprint density at radius 2 is 1.88 bits per heavy atom. The second-order valence-corrected chi connectivity index (χ2v) is 6.54. The Bertz CT molecular complexity index is 804. The standard InChI is InChI=1S/C21H22N2OS.ClH/c1-2-3-15-24-20-12-8-7-11-18(20)19(21-22-13-14-23-21)16-25-17-9-5-4-6-10-17;/h4-14,16H,2-3,15H2,1H3,(H,22,23);1H. The summed E-state index contributed by atoms with van der Waals surface area (Å²) < 4.78 is 6.02. The number of benzene rings is 2. The molecule has 0 amide bonds. The molecule has 3 aromatic rings. The first kappa shape index (κ1) is 20.1. The number of hydrogen-bond donors (Lipinski definition) is 1. The van der Waals surface area contributed by atoms with Crippen LogP contribution >= 0.6 is 24.2 Å². The molecule has 1 heterocycles. The number of nitrogens with zero attached hydrogens (tertiary/aromatic N) is 1. The van der Waals surface area contributed by atoms with Crippen LogP contribution in [0.2, 0.25) is 0 Å². The van der Waals surface area contributed by atoms with Crippen LogP contribution in [0.1, 0.15) is 31.2 Å². The molecular formula is C21H23ClN2OS. The number of thioether (sulfide) groups is 1. The summed E-state index contributed by atoms with van der Waals surface area (Å²) in [4.78, 5) is 8.86. The number of aromatic nitrogens is 2. The largest absolute Gasteiger partial charge is 0.493 e. The van der Waals surface area contributed by atoms with Gasteiger partial charge in [-0.25, -0.2) is 4.98 Å². The fourth-order valence-electron chi connectivity index (χ4n) is 2.43. The van der Waals surface area contributed by atoms with Gasteiger partial charge < -0.3 is 9.72 Å². The molecule has 0 spiro atoms. The van der Waals surface area contributed by atoms with Crippen LogP contribution in [0.25, 0.3) is 5.57 Å². The lowest BCUT2D eigenvalue weighted by Gasteiger charge is -2.13. The Morgan fingerprint density at radius 3 is 2.62 bits per heavy atom. The molecule has 0 bridgehead atoms.